The average Bonchev–Trinajstić information content (AvgIpc) is 2.62. The number of halogens is 1. The Morgan fingerprint density at radius 3 is 3.15 bits per heavy atom. The topological polar surface area (TPSA) is 29.3 Å². The minimum atomic E-state index is -0.659. The molecule has 1 aliphatic rings. The second-order valence-electron chi connectivity index (χ2n) is 3.48. The molecule has 1 unspecified atom stereocenters. The van der Waals surface area contributed by atoms with Crippen molar-refractivity contribution in [2.75, 3.05) is 13.1 Å². The van der Waals surface area contributed by atoms with Crippen LogP contribution in [0.5, 0.6) is 0 Å². The molecule has 1 aliphatic heterocycles. The molecule has 0 amide bonds. The summed E-state index contributed by atoms with van der Waals surface area (Å²) in [7, 11) is 0. The van der Waals surface area contributed by atoms with E-state index in [-0.39, 0.29) is 0 Å². The Morgan fingerprint density at radius 2 is 2.62 bits per heavy atom. The van der Waals surface area contributed by atoms with Crippen molar-refractivity contribution in [1.82, 2.24) is 9.88 Å². The summed E-state index contributed by atoms with van der Waals surface area (Å²) in [6.45, 7) is 3.88. The first-order valence-corrected chi connectivity index (χ1v) is 4.51. The van der Waals surface area contributed by atoms with Gasteiger partial charge in [-0.05, 0) is 6.42 Å². The van der Waals surface area contributed by atoms with Gasteiger partial charge >= 0.3 is 0 Å². The maximum absolute atomic E-state index is 12.8. The van der Waals surface area contributed by atoms with Crippen molar-refractivity contribution in [2.45, 2.75) is 26.1 Å². The molecular weight excluding hydrogens is 171 g/mol. The maximum Gasteiger partial charge on any atom is 0.191 e. The zero-order valence-corrected chi connectivity index (χ0v) is 7.66. The number of rotatable bonds is 2. The number of hydrogen-bond acceptors (Lipinski definition) is 3. The maximum atomic E-state index is 12.8. The van der Waals surface area contributed by atoms with Gasteiger partial charge in [0.1, 0.15) is 12.4 Å². The molecule has 13 heavy (non-hydrogen) atoms. The first-order chi connectivity index (χ1) is 6.24. The van der Waals surface area contributed by atoms with Crippen LogP contribution in [0.25, 0.3) is 0 Å². The Morgan fingerprint density at radius 1 is 1.77 bits per heavy atom. The number of aromatic nitrogens is 1. The number of hydrogen-bond donors (Lipinski definition) is 0. The van der Waals surface area contributed by atoms with Crippen LogP contribution >= 0.6 is 0 Å². The fourth-order valence-corrected chi connectivity index (χ4v) is 1.64. The predicted molar refractivity (Wildman–Crippen MR) is 46.0 cm³/mol. The van der Waals surface area contributed by atoms with Gasteiger partial charge in [0.2, 0.25) is 0 Å². The summed E-state index contributed by atoms with van der Waals surface area (Å²) in [5.41, 5.74) is 0.895. The van der Waals surface area contributed by atoms with Crippen LogP contribution < -0.4 is 0 Å². The standard InChI is InChI=1S/C9H13FN2O/c1-7-11-9(6-13-7)5-12-3-2-8(10)4-12/h6,8H,2-5H2,1H3. The summed E-state index contributed by atoms with van der Waals surface area (Å²) < 4.78 is 17.9. The van der Waals surface area contributed by atoms with E-state index in [4.69, 9.17) is 4.42 Å². The third-order valence-corrected chi connectivity index (χ3v) is 2.27. The van der Waals surface area contributed by atoms with Crippen molar-refractivity contribution in [1.29, 1.82) is 0 Å². The molecule has 0 spiro atoms. The van der Waals surface area contributed by atoms with Crippen molar-refractivity contribution < 1.29 is 8.81 Å². The minimum Gasteiger partial charge on any atom is -0.449 e. The summed E-state index contributed by atoms with van der Waals surface area (Å²) in [4.78, 5) is 6.23. The lowest BCUT2D eigenvalue weighted by molar-refractivity contribution is 0.280. The molecule has 1 atom stereocenters. The van der Waals surface area contributed by atoms with Crippen LogP contribution in [0.2, 0.25) is 0 Å². The van der Waals surface area contributed by atoms with Gasteiger partial charge in [0.05, 0.1) is 5.69 Å². The molecule has 0 aromatic carbocycles. The molecule has 2 heterocycles. The molecule has 72 valence electrons. The number of likely N-dealkylation sites (tertiary alicyclic amines) is 1. The third-order valence-electron chi connectivity index (χ3n) is 2.27. The SMILES string of the molecule is Cc1nc(CN2CCC(F)C2)co1. The highest BCUT2D eigenvalue weighted by molar-refractivity contribution is 4.96. The molecule has 0 radical (unpaired) electrons. The highest BCUT2D eigenvalue weighted by Gasteiger charge is 2.22. The van der Waals surface area contributed by atoms with Gasteiger partial charge in [0.15, 0.2) is 5.89 Å². The number of alkyl halides is 1. The van der Waals surface area contributed by atoms with Crippen molar-refractivity contribution in [3.05, 3.63) is 17.8 Å². The quantitative estimate of drug-likeness (QED) is 0.698. The van der Waals surface area contributed by atoms with Gasteiger partial charge in [-0.3, -0.25) is 4.90 Å². The Labute approximate surface area is 76.6 Å². The van der Waals surface area contributed by atoms with E-state index in [9.17, 15) is 4.39 Å². The van der Waals surface area contributed by atoms with Gasteiger partial charge in [0.25, 0.3) is 0 Å². The molecule has 1 aromatic rings. The van der Waals surface area contributed by atoms with E-state index in [2.05, 4.69) is 9.88 Å². The van der Waals surface area contributed by atoms with E-state index < -0.39 is 6.17 Å². The summed E-state index contributed by atoms with van der Waals surface area (Å²) in [5.74, 6) is 0.672. The monoisotopic (exact) mass is 184 g/mol. The van der Waals surface area contributed by atoms with E-state index in [1.54, 1.807) is 6.26 Å². The highest BCUT2D eigenvalue weighted by Crippen LogP contribution is 2.15. The van der Waals surface area contributed by atoms with Crippen LogP contribution in [0.4, 0.5) is 4.39 Å². The molecule has 1 fully saturated rings. The van der Waals surface area contributed by atoms with Crippen LogP contribution in [0.1, 0.15) is 18.0 Å². The third kappa shape index (κ3) is 2.06. The van der Waals surface area contributed by atoms with Crippen molar-refractivity contribution in [3.8, 4) is 0 Å². The molecular formula is C9H13FN2O. The first kappa shape index (κ1) is 8.69. The molecule has 4 heteroatoms. The van der Waals surface area contributed by atoms with Gasteiger partial charge < -0.3 is 4.42 Å². The van der Waals surface area contributed by atoms with E-state index in [1.165, 1.54) is 0 Å². The van der Waals surface area contributed by atoms with E-state index >= 15 is 0 Å². The Balaban J connectivity index is 1.91. The number of oxazole rings is 1. The molecule has 1 saturated heterocycles. The van der Waals surface area contributed by atoms with Crippen molar-refractivity contribution >= 4 is 0 Å². The van der Waals surface area contributed by atoms with Crippen LogP contribution in [0.3, 0.4) is 0 Å². The van der Waals surface area contributed by atoms with Crippen molar-refractivity contribution in [2.24, 2.45) is 0 Å². The lowest BCUT2D eigenvalue weighted by Crippen LogP contribution is -2.20. The number of aryl methyl sites for hydroxylation is 1. The fourth-order valence-electron chi connectivity index (χ4n) is 1.64. The van der Waals surface area contributed by atoms with Gasteiger partial charge in [-0.25, -0.2) is 9.37 Å². The molecule has 2 rings (SSSR count). The summed E-state index contributed by atoms with van der Waals surface area (Å²) in [5, 5.41) is 0. The van der Waals surface area contributed by atoms with Gasteiger partial charge in [0, 0.05) is 26.6 Å². The minimum absolute atomic E-state index is 0.534. The molecule has 0 N–H and O–H groups in total. The molecule has 3 nitrogen and oxygen atoms in total. The van der Waals surface area contributed by atoms with E-state index in [0.717, 1.165) is 12.2 Å². The smallest absolute Gasteiger partial charge is 0.191 e. The highest BCUT2D eigenvalue weighted by atomic mass is 19.1. The first-order valence-electron chi connectivity index (χ1n) is 4.51. The Bertz CT molecular complexity index is 287. The lowest BCUT2D eigenvalue weighted by Gasteiger charge is -2.11. The second kappa shape index (κ2) is 3.46. The lowest BCUT2D eigenvalue weighted by atomic mass is 10.3. The predicted octanol–water partition coefficient (Wildman–Crippen LogP) is 1.53. The second-order valence-corrected chi connectivity index (χ2v) is 3.48. The number of nitrogens with zero attached hydrogens (tertiary/aromatic N) is 2. The molecule has 0 aliphatic carbocycles. The molecule has 1 aromatic heterocycles. The van der Waals surface area contributed by atoms with E-state index in [0.29, 0.717) is 25.4 Å². The molecule has 0 bridgehead atoms. The Hall–Kier alpha value is -0.900. The summed E-state index contributed by atoms with van der Waals surface area (Å²) >= 11 is 0. The average molecular weight is 184 g/mol. The van der Waals surface area contributed by atoms with E-state index in [1.807, 2.05) is 6.92 Å². The zero-order chi connectivity index (χ0) is 9.26. The van der Waals surface area contributed by atoms with Crippen LogP contribution in [0, 0.1) is 6.92 Å². The van der Waals surface area contributed by atoms with Gasteiger partial charge in [-0.1, -0.05) is 0 Å². The summed E-state index contributed by atoms with van der Waals surface area (Å²) in [6, 6.07) is 0. The van der Waals surface area contributed by atoms with Gasteiger partial charge in [-0.15, -0.1) is 0 Å². The Kier molecular flexibility index (Phi) is 2.31. The van der Waals surface area contributed by atoms with Gasteiger partial charge in [-0.2, -0.15) is 0 Å². The zero-order valence-electron chi connectivity index (χ0n) is 7.66. The van der Waals surface area contributed by atoms with Crippen LogP contribution in [-0.4, -0.2) is 29.1 Å². The normalized spacial score (nSPS) is 24.0. The fraction of sp³-hybridized carbons (Fsp3) is 0.667. The van der Waals surface area contributed by atoms with Crippen molar-refractivity contribution in [3.63, 3.8) is 0 Å². The largest absolute Gasteiger partial charge is 0.449 e. The van der Waals surface area contributed by atoms with Crippen LogP contribution in [-0.2, 0) is 6.54 Å². The molecule has 0 saturated carbocycles. The summed E-state index contributed by atoms with van der Waals surface area (Å²) in [6.07, 6.45) is 1.63. The van der Waals surface area contributed by atoms with Crippen LogP contribution in [0.15, 0.2) is 10.7 Å².